The monoisotopic (exact) mass is 147 g/mol. The Morgan fingerprint density at radius 1 is 1.50 bits per heavy atom. The molecular weight excluding hydrogens is 138 g/mol. The van der Waals surface area contributed by atoms with Gasteiger partial charge in [0.15, 0.2) is 5.78 Å². The van der Waals surface area contributed by atoms with Gasteiger partial charge in [-0.25, -0.2) is 0 Å². The van der Waals surface area contributed by atoms with Gasteiger partial charge in [-0.2, -0.15) is 0 Å². The summed E-state index contributed by atoms with van der Waals surface area (Å²) in [5.74, 6) is -1.79. The minimum Gasteiger partial charge on any atom is -0.480 e. The van der Waals surface area contributed by atoms with Gasteiger partial charge in [0.1, 0.15) is 12.6 Å². The van der Waals surface area contributed by atoms with Gasteiger partial charge >= 0.3 is 5.97 Å². The molecule has 1 atom stereocenters. The molecule has 0 spiro atoms. The van der Waals surface area contributed by atoms with Gasteiger partial charge in [-0.05, 0) is 0 Å². The van der Waals surface area contributed by atoms with Crippen molar-refractivity contribution in [3.05, 3.63) is 0 Å². The molecule has 58 valence electrons. The van der Waals surface area contributed by atoms with Gasteiger partial charge in [-0.1, -0.05) is 0 Å². The van der Waals surface area contributed by atoms with Gasteiger partial charge in [0.25, 0.3) is 0 Å². The lowest BCUT2D eigenvalue weighted by Gasteiger charge is -2.01. The van der Waals surface area contributed by atoms with E-state index in [4.69, 9.17) is 15.9 Å². The van der Waals surface area contributed by atoms with Crippen LogP contribution < -0.4 is 5.73 Å². The Balaban J connectivity index is 3.68. The zero-order valence-corrected chi connectivity index (χ0v) is 5.28. The summed E-state index contributed by atoms with van der Waals surface area (Å²) in [6.45, 7) is -0.652. The molecule has 5 nitrogen and oxygen atoms in total. The molecule has 0 aliphatic carbocycles. The second-order valence-electron chi connectivity index (χ2n) is 1.85. The fourth-order valence-corrected chi connectivity index (χ4v) is 0.397. The van der Waals surface area contributed by atoms with Crippen LogP contribution in [0.1, 0.15) is 6.42 Å². The standard InChI is InChI=1S/C5H9NO4/c6-4(5(9)10)1-3(8)2-7/h4,7H,1-2,6H2,(H,9,10). The highest BCUT2D eigenvalue weighted by Gasteiger charge is 2.14. The Morgan fingerprint density at radius 2 is 2.00 bits per heavy atom. The van der Waals surface area contributed by atoms with Crippen molar-refractivity contribution in [2.24, 2.45) is 5.73 Å². The normalized spacial score (nSPS) is 12.6. The zero-order chi connectivity index (χ0) is 8.15. The zero-order valence-electron chi connectivity index (χ0n) is 5.28. The smallest absolute Gasteiger partial charge is 0.320 e. The molecule has 10 heavy (non-hydrogen) atoms. The summed E-state index contributed by atoms with van der Waals surface area (Å²) in [7, 11) is 0. The van der Waals surface area contributed by atoms with E-state index in [1.807, 2.05) is 0 Å². The van der Waals surface area contributed by atoms with E-state index >= 15 is 0 Å². The van der Waals surface area contributed by atoms with E-state index in [9.17, 15) is 9.59 Å². The molecule has 0 aromatic heterocycles. The number of carboxylic acids is 1. The maximum absolute atomic E-state index is 10.3. The van der Waals surface area contributed by atoms with Gasteiger partial charge < -0.3 is 15.9 Å². The number of hydrogen-bond donors (Lipinski definition) is 3. The molecule has 0 rings (SSSR count). The predicted octanol–water partition coefficient (Wildman–Crippen LogP) is -1.65. The topological polar surface area (TPSA) is 101 Å². The first-order valence-corrected chi connectivity index (χ1v) is 2.69. The molecule has 1 unspecified atom stereocenters. The summed E-state index contributed by atoms with van der Waals surface area (Å²) in [6.07, 6.45) is -0.314. The quantitative estimate of drug-likeness (QED) is 0.442. The van der Waals surface area contributed by atoms with Gasteiger partial charge in [0.2, 0.25) is 0 Å². The Kier molecular flexibility index (Phi) is 3.60. The maximum atomic E-state index is 10.3. The molecule has 5 heteroatoms. The van der Waals surface area contributed by atoms with Crippen LogP contribution in [0.3, 0.4) is 0 Å². The number of aliphatic hydroxyl groups is 1. The third kappa shape index (κ3) is 3.16. The van der Waals surface area contributed by atoms with Crippen molar-refractivity contribution < 1.29 is 19.8 Å². The molecule has 0 heterocycles. The minimum atomic E-state index is -1.23. The summed E-state index contributed by atoms with van der Waals surface area (Å²) < 4.78 is 0. The first-order chi connectivity index (χ1) is 4.57. The van der Waals surface area contributed by atoms with Crippen molar-refractivity contribution >= 4 is 11.8 Å². The van der Waals surface area contributed by atoms with Crippen molar-refractivity contribution in [3.8, 4) is 0 Å². The number of carbonyl (C=O) groups excluding carboxylic acids is 1. The van der Waals surface area contributed by atoms with Crippen LogP contribution in [0.5, 0.6) is 0 Å². The van der Waals surface area contributed by atoms with E-state index in [1.165, 1.54) is 0 Å². The van der Waals surface area contributed by atoms with Gasteiger partial charge in [-0.15, -0.1) is 0 Å². The third-order valence-electron chi connectivity index (χ3n) is 0.941. The fraction of sp³-hybridized carbons (Fsp3) is 0.600. The Morgan fingerprint density at radius 3 is 2.30 bits per heavy atom. The van der Waals surface area contributed by atoms with E-state index in [0.29, 0.717) is 0 Å². The van der Waals surface area contributed by atoms with Gasteiger partial charge in [0, 0.05) is 6.42 Å². The number of aliphatic carboxylic acids is 1. The molecule has 0 aromatic rings. The SMILES string of the molecule is NC(CC(=O)CO)C(=O)O. The number of Topliss-reactive ketones (excluding diaryl/α,β-unsaturated/α-hetero) is 1. The number of aliphatic hydroxyl groups excluding tert-OH is 1. The summed E-state index contributed by atoms with van der Waals surface area (Å²) in [5.41, 5.74) is 4.96. The summed E-state index contributed by atoms with van der Waals surface area (Å²) in [5, 5.41) is 16.3. The van der Waals surface area contributed by atoms with Crippen LogP contribution in [-0.4, -0.2) is 34.6 Å². The van der Waals surface area contributed by atoms with Crippen LogP contribution in [0.2, 0.25) is 0 Å². The average Bonchev–Trinajstić information content (AvgIpc) is 1.87. The Labute approximate surface area is 57.5 Å². The number of carboxylic acid groups (broad SMARTS) is 1. The van der Waals surface area contributed by atoms with Crippen LogP contribution >= 0.6 is 0 Å². The molecular formula is C5H9NO4. The minimum absolute atomic E-state index is 0.314. The fourth-order valence-electron chi connectivity index (χ4n) is 0.397. The number of hydrogen-bond acceptors (Lipinski definition) is 4. The van der Waals surface area contributed by atoms with E-state index in [1.54, 1.807) is 0 Å². The highest BCUT2D eigenvalue weighted by atomic mass is 16.4. The number of carbonyl (C=O) groups is 2. The predicted molar refractivity (Wildman–Crippen MR) is 32.3 cm³/mol. The molecule has 0 saturated carbocycles. The second-order valence-corrected chi connectivity index (χ2v) is 1.85. The van der Waals surface area contributed by atoms with Crippen molar-refractivity contribution in [1.29, 1.82) is 0 Å². The molecule has 0 radical (unpaired) electrons. The van der Waals surface area contributed by atoms with Crippen LogP contribution in [0.15, 0.2) is 0 Å². The number of nitrogens with two attached hydrogens (primary N) is 1. The lowest BCUT2D eigenvalue weighted by molar-refractivity contribution is -0.140. The molecule has 4 N–H and O–H groups in total. The highest BCUT2D eigenvalue weighted by molar-refractivity contribution is 5.86. The summed E-state index contributed by atoms with van der Waals surface area (Å²) in [6, 6.07) is -1.19. The van der Waals surface area contributed by atoms with Crippen molar-refractivity contribution in [2.75, 3.05) is 6.61 Å². The first kappa shape index (κ1) is 9.06. The van der Waals surface area contributed by atoms with Gasteiger partial charge in [-0.3, -0.25) is 9.59 Å². The van der Waals surface area contributed by atoms with E-state index in [0.717, 1.165) is 0 Å². The van der Waals surface area contributed by atoms with Crippen LogP contribution in [-0.2, 0) is 9.59 Å². The molecule has 0 fully saturated rings. The molecule has 0 saturated heterocycles. The second kappa shape index (κ2) is 3.97. The Bertz CT molecular complexity index is 145. The molecule has 0 aromatic carbocycles. The number of rotatable bonds is 4. The summed E-state index contributed by atoms with van der Waals surface area (Å²) in [4.78, 5) is 20.3. The molecule has 0 bridgehead atoms. The third-order valence-corrected chi connectivity index (χ3v) is 0.941. The van der Waals surface area contributed by atoms with E-state index < -0.39 is 24.4 Å². The van der Waals surface area contributed by atoms with Crippen molar-refractivity contribution in [1.82, 2.24) is 0 Å². The van der Waals surface area contributed by atoms with Crippen LogP contribution in [0.4, 0.5) is 0 Å². The van der Waals surface area contributed by atoms with Crippen molar-refractivity contribution in [2.45, 2.75) is 12.5 Å². The highest BCUT2D eigenvalue weighted by Crippen LogP contribution is 1.88. The molecule has 0 aliphatic heterocycles. The maximum Gasteiger partial charge on any atom is 0.320 e. The Hall–Kier alpha value is -0.940. The van der Waals surface area contributed by atoms with E-state index in [2.05, 4.69) is 0 Å². The average molecular weight is 147 g/mol. The van der Waals surface area contributed by atoms with Crippen molar-refractivity contribution in [3.63, 3.8) is 0 Å². The first-order valence-electron chi connectivity index (χ1n) is 2.69. The largest absolute Gasteiger partial charge is 0.480 e. The van der Waals surface area contributed by atoms with Gasteiger partial charge in [0.05, 0.1) is 0 Å². The lowest BCUT2D eigenvalue weighted by atomic mass is 10.1. The summed E-state index contributed by atoms with van der Waals surface area (Å²) >= 11 is 0. The number of ketones is 1. The van der Waals surface area contributed by atoms with Crippen LogP contribution in [0.25, 0.3) is 0 Å². The lowest BCUT2D eigenvalue weighted by Crippen LogP contribution is -2.33. The van der Waals surface area contributed by atoms with E-state index in [-0.39, 0.29) is 6.42 Å². The molecule has 0 aliphatic rings. The molecule has 0 amide bonds. The van der Waals surface area contributed by atoms with Crippen LogP contribution in [0, 0.1) is 0 Å².